The maximum atomic E-state index is 12.2. The van der Waals surface area contributed by atoms with Crippen molar-refractivity contribution in [1.82, 2.24) is 5.32 Å². The van der Waals surface area contributed by atoms with E-state index in [2.05, 4.69) is 5.32 Å². The Labute approximate surface area is 140 Å². The van der Waals surface area contributed by atoms with Crippen molar-refractivity contribution in [2.45, 2.75) is 6.54 Å². The van der Waals surface area contributed by atoms with Crippen molar-refractivity contribution >= 4 is 17.5 Å². The number of carbonyl (C=O) groups is 1. The van der Waals surface area contributed by atoms with Gasteiger partial charge in [-0.3, -0.25) is 4.79 Å². The summed E-state index contributed by atoms with van der Waals surface area (Å²) in [6, 6.07) is 10.3. The molecule has 23 heavy (non-hydrogen) atoms. The minimum atomic E-state index is -0.196. The first kappa shape index (κ1) is 17.0. The maximum Gasteiger partial charge on any atom is 0.251 e. The van der Waals surface area contributed by atoms with Crippen LogP contribution in [0.4, 0.5) is 0 Å². The summed E-state index contributed by atoms with van der Waals surface area (Å²) in [7, 11) is 4.64. The molecule has 0 aliphatic carbocycles. The molecule has 0 atom stereocenters. The van der Waals surface area contributed by atoms with Crippen LogP contribution >= 0.6 is 11.6 Å². The summed E-state index contributed by atoms with van der Waals surface area (Å²) in [6.07, 6.45) is 0. The van der Waals surface area contributed by atoms with Crippen LogP contribution in [0.25, 0.3) is 0 Å². The molecule has 0 unspecified atom stereocenters. The summed E-state index contributed by atoms with van der Waals surface area (Å²) in [6.45, 7) is 0.297. The van der Waals surface area contributed by atoms with E-state index in [4.69, 9.17) is 25.8 Å². The van der Waals surface area contributed by atoms with Gasteiger partial charge in [0.25, 0.3) is 5.91 Å². The van der Waals surface area contributed by atoms with Crippen LogP contribution in [-0.2, 0) is 6.54 Å². The number of carbonyl (C=O) groups excluding carboxylic acids is 1. The smallest absolute Gasteiger partial charge is 0.251 e. The number of halogens is 1. The van der Waals surface area contributed by atoms with Crippen LogP contribution in [0.3, 0.4) is 0 Å². The highest BCUT2D eigenvalue weighted by molar-refractivity contribution is 6.30. The molecule has 0 saturated carbocycles. The van der Waals surface area contributed by atoms with Crippen LogP contribution in [0.5, 0.6) is 17.2 Å². The zero-order valence-corrected chi connectivity index (χ0v) is 13.9. The van der Waals surface area contributed by atoms with E-state index in [9.17, 15) is 4.79 Å². The van der Waals surface area contributed by atoms with Gasteiger partial charge in [0.1, 0.15) is 0 Å². The second-order valence-corrected chi connectivity index (χ2v) is 5.12. The molecular weight excluding hydrogens is 318 g/mol. The van der Waals surface area contributed by atoms with Gasteiger partial charge < -0.3 is 19.5 Å². The molecule has 1 N–H and O–H groups in total. The number of amides is 1. The van der Waals surface area contributed by atoms with Gasteiger partial charge >= 0.3 is 0 Å². The molecule has 2 aromatic carbocycles. The summed E-state index contributed by atoms with van der Waals surface area (Å²) in [5, 5.41) is 3.43. The van der Waals surface area contributed by atoms with Crippen molar-refractivity contribution in [3.8, 4) is 17.2 Å². The highest BCUT2D eigenvalue weighted by atomic mass is 35.5. The Bertz CT molecular complexity index is 686. The summed E-state index contributed by atoms with van der Waals surface area (Å²) in [4.78, 5) is 12.2. The van der Waals surface area contributed by atoms with Crippen molar-refractivity contribution in [2.24, 2.45) is 0 Å². The van der Waals surface area contributed by atoms with Gasteiger partial charge in [0.15, 0.2) is 11.5 Å². The van der Waals surface area contributed by atoms with E-state index in [1.54, 1.807) is 44.6 Å². The molecule has 0 saturated heterocycles. The molecule has 2 aromatic rings. The lowest BCUT2D eigenvalue weighted by Crippen LogP contribution is -2.23. The van der Waals surface area contributed by atoms with Crippen LogP contribution in [0, 0.1) is 0 Å². The quantitative estimate of drug-likeness (QED) is 0.880. The molecule has 0 heterocycles. The molecule has 0 aliphatic heterocycles. The third kappa shape index (κ3) is 3.87. The van der Waals surface area contributed by atoms with Gasteiger partial charge in [-0.1, -0.05) is 11.6 Å². The van der Waals surface area contributed by atoms with Gasteiger partial charge in [-0.15, -0.1) is 0 Å². The zero-order chi connectivity index (χ0) is 16.8. The van der Waals surface area contributed by atoms with E-state index in [1.165, 1.54) is 7.11 Å². The number of benzene rings is 2. The first-order valence-corrected chi connectivity index (χ1v) is 7.30. The Balaban J connectivity index is 2.17. The second kappa shape index (κ2) is 7.74. The number of nitrogens with one attached hydrogen (secondary N) is 1. The maximum absolute atomic E-state index is 12.2. The summed E-state index contributed by atoms with van der Waals surface area (Å²) >= 11 is 5.82. The fourth-order valence-electron chi connectivity index (χ4n) is 2.18. The lowest BCUT2D eigenvalue weighted by molar-refractivity contribution is 0.0950. The molecular formula is C17H18ClNO4. The SMILES string of the molecule is COc1ccc(CNC(=O)c2ccc(Cl)cc2)c(OC)c1OC. The predicted molar refractivity (Wildman–Crippen MR) is 88.7 cm³/mol. The molecule has 0 fully saturated rings. The lowest BCUT2D eigenvalue weighted by atomic mass is 10.1. The molecule has 0 spiro atoms. The van der Waals surface area contributed by atoms with Crippen LogP contribution in [0.15, 0.2) is 36.4 Å². The summed E-state index contributed by atoms with van der Waals surface area (Å²) in [5.74, 6) is 1.40. The first-order valence-electron chi connectivity index (χ1n) is 6.92. The fraction of sp³-hybridized carbons (Fsp3) is 0.235. The molecule has 1 amide bonds. The number of ether oxygens (including phenoxy) is 3. The van der Waals surface area contributed by atoms with Gasteiger partial charge in [-0.25, -0.2) is 0 Å². The molecule has 2 rings (SSSR count). The van der Waals surface area contributed by atoms with E-state index in [0.29, 0.717) is 34.4 Å². The standard InChI is InChI=1S/C17H18ClNO4/c1-21-14-9-6-12(15(22-2)16(14)23-3)10-19-17(20)11-4-7-13(18)8-5-11/h4-9H,10H2,1-3H3,(H,19,20). The Kier molecular flexibility index (Phi) is 5.71. The Morgan fingerprint density at radius 2 is 1.61 bits per heavy atom. The summed E-state index contributed by atoms with van der Waals surface area (Å²) < 4.78 is 16.0. The van der Waals surface area contributed by atoms with Crippen molar-refractivity contribution in [1.29, 1.82) is 0 Å². The van der Waals surface area contributed by atoms with Gasteiger partial charge in [0, 0.05) is 22.7 Å². The van der Waals surface area contributed by atoms with Crippen LogP contribution in [0.1, 0.15) is 15.9 Å². The van der Waals surface area contributed by atoms with Crippen molar-refractivity contribution in [3.63, 3.8) is 0 Å². The minimum absolute atomic E-state index is 0.196. The zero-order valence-electron chi connectivity index (χ0n) is 13.2. The minimum Gasteiger partial charge on any atom is -0.493 e. The molecule has 0 aliphatic rings. The van der Waals surface area contributed by atoms with Gasteiger partial charge in [-0.2, -0.15) is 0 Å². The monoisotopic (exact) mass is 335 g/mol. The lowest BCUT2D eigenvalue weighted by Gasteiger charge is -2.16. The van der Waals surface area contributed by atoms with Crippen molar-refractivity contribution in [2.75, 3.05) is 21.3 Å². The molecule has 6 heteroatoms. The Morgan fingerprint density at radius 3 is 2.17 bits per heavy atom. The second-order valence-electron chi connectivity index (χ2n) is 4.68. The molecule has 5 nitrogen and oxygen atoms in total. The van der Waals surface area contributed by atoms with Gasteiger partial charge in [0.05, 0.1) is 21.3 Å². The first-order chi connectivity index (χ1) is 11.1. The third-order valence-electron chi connectivity index (χ3n) is 3.33. The van der Waals surface area contributed by atoms with E-state index in [0.717, 1.165) is 5.56 Å². The van der Waals surface area contributed by atoms with Crippen LogP contribution in [-0.4, -0.2) is 27.2 Å². The third-order valence-corrected chi connectivity index (χ3v) is 3.58. The number of rotatable bonds is 6. The van der Waals surface area contributed by atoms with E-state index in [-0.39, 0.29) is 5.91 Å². The van der Waals surface area contributed by atoms with Crippen LogP contribution in [0.2, 0.25) is 5.02 Å². The average Bonchev–Trinajstić information content (AvgIpc) is 2.59. The number of hydrogen-bond donors (Lipinski definition) is 1. The molecule has 0 radical (unpaired) electrons. The molecule has 0 bridgehead atoms. The van der Waals surface area contributed by atoms with Crippen LogP contribution < -0.4 is 19.5 Å². The number of methoxy groups -OCH3 is 3. The molecule has 122 valence electrons. The van der Waals surface area contributed by atoms with Gasteiger partial charge in [0.2, 0.25) is 5.75 Å². The van der Waals surface area contributed by atoms with E-state index in [1.807, 2.05) is 6.07 Å². The summed E-state index contributed by atoms with van der Waals surface area (Å²) in [5.41, 5.74) is 1.32. The van der Waals surface area contributed by atoms with E-state index < -0.39 is 0 Å². The van der Waals surface area contributed by atoms with Crippen molar-refractivity contribution < 1.29 is 19.0 Å². The predicted octanol–water partition coefficient (Wildman–Crippen LogP) is 3.30. The Hall–Kier alpha value is -2.40. The van der Waals surface area contributed by atoms with Gasteiger partial charge in [-0.05, 0) is 36.4 Å². The largest absolute Gasteiger partial charge is 0.493 e. The average molecular weight is 336 g/mol. The van der Waals surface area contributed by atoms with E-state index >= 15 is 0 Å². The highest BCUT2D eigenvalue weighted by Gasteiger charge is 2.16. The fourth-order valence-corrected chi connectivity index (χ4v) is 2.31. The number of hydrogen-bond acceptors (Lipinski definition) is 4. The Morgan fingerprint density at radius 1 is 0.957 bits per heavy atom. The topological polar surface area (TPSA) is 56.8 Å². The van der Waals surface area contributed by atoms with Crippen molar-refractivity contribution in [3.05, 3.63) is 52.5 Å². The highest BCUT2D eigenvalue weighted by Crippen LogP contribution is 2.39. The normalized spacial score (nSPS) is 10.1. The molecule has 0 aromatic heterocycles.